The van der Waals surface area contributed by atoms with Crippen molar-refractivity contribution in [3.05, 3.63) is 40.2 Å². The Morgan fingerprint density at radius 1 is 1.10 bits per heavy atom. The summed E-state index contributed by atoms with van der Waals surface area (Å²) < 4.78 is 50.7. The molecular formula is C31H42F3N7O7. The van der Waals surface area contributed by atoms with Gasteiger partial charge in [-0.2, -0.15) is 13.2 Å². The number of carbonyl (C=O) groups is 4. The fourth-order valence-electron chi connectivity index (χ4n) is 5.17. The lowest BCUT2D eigenvalue weighted by Gasteiger charge is -2.31. The minimum Gasteiger partial charge on any atom is -0.444 e. The van der Waals surface area contributed by atoms with Crippen molar-refractivity contribution < 1.29 is 41.5 Å². The molecule has 264 valence electrons. The van der Waals surface area contributed by atoms with E-state index in [0.29, 0.717) is 18.9 Å². The maximum atomic E-state index is 13.6. The number of guanidine groups is 1. The van der Waals surface area contributed by atoms with E-state index in [9.17, 15) is 37.1 Å². The number of aliphatic imine (C=N–C) groups is 1. The zero-order valence-corrected chi connectivity index (χ0v) is 27.4. The van der Waals surface area contributed by atoms with E-state index in [1.165, 1.54) is 11.0 Å². The molecule has 0 spiro atoms. The van der Waals surface area contributed by atoms with Crippen LogP contribution in [0.1, 0.15) is 65.9 Å². The summed E-state index contributed by atoms with van der Waals surface area (Å²) in [7, 11) is 0. The van der Waals surface area contributed by atoms with Gasteiger partial charge in [-0.15, -0.1) is 0 Å². The zero-order chi connectivity index (χ0) is 36.0. The number of alkyl halides is 3. The smallest absolute Gasteiger partial charge is 0.417 e. The fraction of sp³-hybridized carbons (Fsp3) is 0.548. The van der Waals surface area contributed by atoms with Crippen LogP contribution in [0, 0.1) is 5.92 Å². The predicted molar refractivity (Wildman–Crippen MR) is 171 cm³/mol. The zero-order valence-electron chi connectivity index (χ0n) is 27.4. The molecule has 0 radical (unpaired) electrons. The third-order valence-corrected chi connectivity index (χ3v) is 7.34. The molecule has 0 aliphatic carbocycles. The van der Waals surface area contributed by atoms with Crippen molar-refractivity contribution >= 4 is 46.4 Å². The Balaban J connectivity index is 1.81. The Kier molecular flexibility index (Phi) is 12.1. The molecule has 4 amide bonds. The molecule has 2 heterocycles. The summed E-state index contributed by atoms with van der Waals surface area (Å²) in [6.07, 6.45) is -4.52. The van der Waals surface area contributed by atoms with Gasteiger partial charge in [0.15, 0.2) is 5.96 Å². The first-order chi connectivity index (χ1) is 22.3. The van der Waals surface area contributed by atoms with E-state index in [1.807, 2.05) is 0 Å². The summed E-state index contributed by atoms with van der Waals surface area (Å²) in [6.45, 7) is 8.90. The van der Waals surface area contributed by atoms with Gasteiger partial charge in [-0.25, -0.2) is 9.59 Å². The molecule has 3 rings (SSSR count). The van der Waals surface area contributed by atoms with E-state index in [0.717, 1.165) is 12.1 Å². The van der Waals surface area contributed by atoms with Gasteiger partial charge in [0, 0.05) is 36.3 Å². The second-order valence-corrected chi connectivity index (χ2v) is 12.7. The van der Waals surface area contributed by atoms with Crippen molar-refractivity contribution in [2.45, 2.75) is 90.2 Å². The largest absolute Gasteiger partial charge is 0.444 e. The maximum Gasteiger partial charge on any atom is 0.417 e. The summed E-state index contributed by atoms with van der Waals surface area (Å²) in [5, 5.41) is 7.43. The van der Waals surface area contributed by atoms with E-state index in [4.69, 9.17) is 20.6 Å². The summed E-state index contributed by atoms with van der Waals surface area (Å²) in [4.78, 5) is 70.2. The van der Waals surface area contributed by atoms with Gasteiger partial charge in [0.05, 0.1) is 5.56 Å². The Hall–Kier alpha value is -4.83. The molecule has 48 heavy (non-hydrogen) atoms. The first kappa shape index (κ1) is 37.6. The molecule has 1 fully saturated rings. The fourth-order valence-corrected chi connectivity index (χ4v) is 5.17. The summed E-state index contributed by atoms with van der Waals surface area (Å²) >= 11 is 0. The van der Waals surface area contributed by atoms with E-state index >= 15 is 0 Å². The number of carbonyl (C=O) groups excluding carboxylic acids is 4. The van der Waals surface area contributed by atoms with E-state index in [-0.39, 0.29) is 48.9 Å². The van der Waals surface area contributed by atoms with E-state index in [2.05, 4.69) is 20.9 Å². The van der Waals surface area contributed by atoms with Gasteiger partial charge in [0.2, 0.25) is 17.7 Å². The second kappa shape index (κ2) is 15.4. The average Bonchev–Trinajstić information content (AvgIpc) is 3.45. The molecule has 3 unspecified atom stereocenters. The molecular weight excluding hydrogens is 639 g/mol. The molecule has 14 nitrogen and oxygen atoms in total. The number of ether oxygens (including phenoxy) is 1. The summed E-state index contributed by atoms with van der Waals surface area (Å²) in [5.41, 5.74) is 7.16. The predicted octanol–water partition coefficient (Wildman–Crippen LogP) is 2.83. The normalized spacial score (nSPS) is 16.3. The first-order valence-corrected chi connectivity index (χ1v) is 15.4. The van der Waals surface area contributed by atoms with Gasteiger partial charge in [-0.1, -0.05) is 13.8 Å². The summed E-state index contributed by atoms with van der Waals surface area (Å²) in [5.74, 6) is -2.36. The van der Waals surface area contributed by atoms with E-state index in [1.54, 1.807) is 34.6 Å². The number of nitrogens with zero attached hydrogens (tertiary/aromatic N) is 2. The number of alkyl carbamates (subject to hydrolysis) is 1. The highest BCUT2D eigenvalue weighted by Gasteiger charge is 2.40. The highest BCUT2D eigenvalue weighted by molar-refractivity contribution is 6.00. The quantitative estimate of drug-likeness (QED) is 0.102. The first-order valence-electron chi connectivity index (χ1n) is 15.4. The van der Waals surface area contributed by atoms with Crippen molar-refractivity contribution in [1.29, 1.82) is 0 Å². The Labute approximate surface area is 274 Å². The number of fused-ring (bicyclic) bond motifs is 1. The number of amides is 4. The van der Waals surface area contributed by atoms with Crippen LogP contribution in [0.2, 0.25) is 0 Å². The van der Waals surface area contributed by atoms with Crippen molar-refractivity contribution in [2.75, 3.05) is 18.4 Å². The number of anilines is 1. The third kappa shape index (κ3) is 10.3. The van der Waals surface area contributed by atoms with Crippen LogP contribution >= 0.6 is 0 Å². The maximum absolute atomic E-state index is 13.6. The van der Waals surface area contributed by atoms with Crippen LogP contribution in [0.5, 0.6) is 0 Å². The Bertz CT molecular complexity index is 1600. The Morgan fingerprint density at radius 2 is 1.79 bits per heavy atom. The van der Waals surface area contributed by atoms with Crippen molar-refractivity contribution in [1.82, 2.24) is 15.5 Å². The highest BCUT2D eigenvalue weighted by atomic mass is 19.4. The Morgan fingerprint density at radius 3 is 2.40 bits per heavy atom. The molecule has 0 saturated carbocycles. The SMILES string of the molecule is CC(C)C(NC(=O)OC(C)(C)C)C(=O)N1CCCC1C(=O)NC(CCCN=C(N)N)C(=O)Nc1ccc2c(C(F)(F)F)cc(=O)oc2c1. The van der Waals surface area contributed by atoms with Crippen molar-refractivity contribution in [3.8, 4) is 0 Å². The number of rotatable bonds is 11. The number of benzene rings is 1. The lowest BCUT2D eigenvalue weighted by molar-refractivity contribution is -0.141. The molecule has 1 aromatic carbocycles. The van der Waals surface area contributed by atoms with Crippen molar-refractivity contribution in [2.24, 2.45) is 22.4 Å². The van der Waals surface area contributed by atoms with Crippen LogP contribution < -0.4 is 33.0 Å². The molecule has 0 bridgehead atoms. The molecule has 1 aliphatic heterocycles. The van der Waals surface area contributed by atoms with Gasteiger partial charge in [-0.05, 0) is 64.5 Å². The van der Waals surface area contributed by atoms with Crippen LogP contribution in [0.3, 0.4) is 0 Å². The van der Waals surface area contributed by atoms with Gasteiger partial charge >= 0.3 is 17.9 Å². The van der Waals surface area contributed by atoms with Crippen LogP contribution in [0.4, 0.5) is 23.7 Å². The number of halogens is 3. The average molecular weight is 682 g/mol. The third-order valence-electron chi connectivity index (χ3n) is 7.34. The van der Waals surface area contributed by atoms with E-state index < -0.39 is 70.5 Å². The standard InChI is InChI=1S/C31H42F3N7O7/c1-16(2)24(40-29(46)48-30(3,4)5)27(45)41-13-7-9-21(41)26(44)39-20(8-6-12-37-28(35)36)25(43)38-17-10-11-18-19(31(32,33)34)15-23(42)47-22(18)14-17/h10-11,14-16,20-21,24H,6-9,12-13H2,1-5H3,(H,38,43)(H,39,44)(H,40,46)(H4,35,36,37). The topological polar surface area (TPSA) is 211 Å². The number of nitrogens with one attached hydrogen (secondary N) is 3. The second-order valence-electron chi connectivity index (χ2n) is 12.7. The van der Waals surface area contributed by atoms with Crippen LogP contribution in [-0.2, 0) is 25.3 Å². The lowest BCUT2D eigenvalue weighted by atomic mass is 10.0. The van der Waals surface area contributed by atoms with Crippen molar-refractivity contribution in [3.63, 3.8) is 0 Å². The minimum atomic E-state index is -4.82. The molecule has 1 aliphatic rings. The molecule has 2 aromatic rings. The molecule has 17 heteroatoms. The van der Waals surface area contributed by atoms with Gasteiger partial charge < -0.3 is 41.5 Å². The van der Waals surface area contributed by atoms with Gasteiger partial charge in [0.1, 0.15) is 29.3 Å². The summed E-state index contributed by atoms with van der Waals surface area (Å²) in [6, 6.07) is 0.547. The van der Waals surface area contributed by atoms with Gasteiger partial charge in [-0.3, -0.25) is 19.4 Å². The van der Waals surface area contributed by atoms with Gasteiger partial charge in [0.25, 0.3) is 0 Å². The monoisotopic (exact) mass is 681 g/mol. The molecule has 1 aromatic heterocycles. The number of nitrogens with two attached hydrogens (primary N) is 2. The lowest BCUT2D eigenvalue weighted by Crippen LogP contribution is -2.57. The van der Waals surface area contributed by atoms with Crippen LogP contribution in [0.25, 0.3) is 11.0 Å². The molecule has 3 atom stereocenters. The number of hydrogen-bond donors (Lipinski definition) is 5. The minimum absolute atomic E-state index is 0.00381. The highest BCUT2D eigenvalue weighted by Crippen LogP contribution is 2.34. The number of hydrogen-bond acceptors (Lipinski definition) is 8. The molecule has 1 saturated heterocycles. The van der Waals surface area contributed by atoms with Crippen LogP contribution in [0.15, 0.2) is 38.5 Å². The number of likely N-dealkylation sites (tertiary alicyclic amines) is 1. The van der Waals surface area contributed by atoms with Crippen LogP contribution in [-0.4, -0.2) is 71.5 Å². The molecule has 7 N–H and O–H groups in total.